The minimum absolute atomic E-state index is 0.220. The molecular formula is C23H27ClN2O5. The number of aromatic nitrogens is 1. The van der Waals surface area contributed by atoms with E-state index in [-0.39, 0.29) is 11.4 Å². The van der Waals surface area contributed by atoms with Crippen molar-refractivity contribution >= 4 is 23.5 Å². The van der Waals surface area contributed by atoms with Crippen molar-refractivity contribution in [2.24, 2.45) is 5.92 Å². The molecule has 1 aromatic heterocycles. The number of carboxylic acids is 1. The highest BCUT2D eigenvalue weighted by Crippen LogP contribution is 2.33. The second-order valence-electron chi connectivity index (χ2n) is 7.98. The Labute approximate surface area is 186 Å². The summed E-state index contributed by atoms with van der Waals surface area (Å²) in [4.78, 5) is 29.0. The molecular weight excluding hydrogens is 420 g/mol. The topological polar surface area (TPSA) is 97.8 Å². The Morgan fingerprint density at radius 3 is 2.68 bits per heavy atom. The van der Waals surface area contributed by atoms with Crippen LogP contribution in [0.3, 0.4) is 0 Å². The van der Waals surface area contributed by atoms with Crippen LogP contribution in [0.4, 0.5) is 0 Å². The van der Waals surface area contributed by atoms with Crippen LogP contribution < -0.4 is 14.8 Å². The van der Waals surface area contributed by atoms with Crippen LogP contribution in [0.5, 0.6) is 11.6 Å². The van der Waals surface area contributed by atoms with Crippen molar-refractivity contribution in [3.63, 3.8) is 0 Å². The molecule has 0 aliphatic heterocycles. The predicted octanol–water partition coefficient (Wildman–Crippen LogP) is 4.13. The molecule has 2 N–H and O–H groups in total. The molecule has 0 unspecified atom stereocenters. The molecule has 166 valence electrons. The molecule has 0 saturated heterocycles. The van der Waals surface area contributed by atoms with Crippen LogP contribution >= 0.6 is 11.6 Å². The lowest BCUT2D eigenvalue weighted by atomic mass is 9.77. The maximum Gasteiger partial charge on any atom is 0.329 e. The second kappa shape index (κ2) is 10.0. The average molecular weight is 447 g/mol. The van der Waals surface area contributed by atoms with Gasteiger partial charge in [0, 0.05) is 23.7 Å². The number of rotatable bonds is 8. The lowest BCUT2D eigenvalue weighted by Crippen LogP contribution is -2.56. The molecule has 0 radical (unpaired) electrons. The standard InChI is InChI=1S/C23H27ClN2O5/c1-15-6-9-23(10-7-15,22(28)29)26-20(27)17-13-19(21(30-2)25-14-17)31-11-8-16-4-3-5-18(24)12-16/h3-5,12-15H,6-11H2,1-2H3,(H,26,27)(H,28,29)/t15-,23+. The molecule has 1 heterocycles. The first-order valence-corrected chi connectivity index (χ1v) is 10.7. The van der Waals surface area contributed by atoms with Gasteiger partial charge in [-0.1, -0.05) is 30.7 Å². The highest BCUT2D eigenvalue weighted by molar-refractivity contribution is 6.30. The van der Waals surface area contributed by atoms with Crippen molar-refractivity contribution in [1.29, 1.82) is 0 Å². The minimum Gasteiger partial charge on any atom is -0.488 e. The van der Waals surface area contributed by atoms with Crippen LogP contribution in [0, 0.1) is 5.92 Å². The van der Waals surface area contributed by atoms with Crippen molar-refractivity contribution < 1.29 is 24.2 Å². The third-order valence-corrected chi connectivity index (χ3v) is 5.94. The lowest BCUT2D eigenvalue weighted by molar-refractivity contribution is -0.146. The molecule has 1 aliphatic rings. The number of carboxylic acid groups (broad SMARTS) is 1. The number of amides is 1. The van der Waals surface area contributed by atoms with Gasteiger partial charge in [0.05, 0.1) is 19.3 Å². The number of hydrogen-bond donors (Lipinski definition) is 2. The molecule has 1 amide bonds. The van der Waals surface area contributed by atoms with Gasteiger partial charge in [-0.25, -0.2) is 9.78 Å². The van der Waals surface area contributed by atoms with Crippen LogP contribution in [0.15, 0.2) is 36.5 Å². The zero-order valence-corrected chi connectivity index (χ0v) is 18.4. The number of carbonyl (C=O) groups excluding carboxylic acids is 1. The fraction of sp³-hybridized carbons (Fsp3) is 0.435. The van der Waals surface area contributed by atoms with E-state index in [1.54, 1.807) is 6.07 Å². The van der Waals surface area contributed by atoms with E-state index in [1.807, 2.05) is 18.2 Å². The predicted molar refractivity (Wildman–Crippen MR) is 117 cm³/mol. The normalized spacial score (nSPS) is 20.7. The average Bonchev–Trinajstić information content (AvgIpc) is 2.75. The molecule has 0 bridgehead atoms. The summed E-state index contributed by atoms with van der Waals surface area (Å²) in [7, 11) is 1.47. The van der Waals surface area contributed by atoms with Gasteiger partial charge >= 0.3 is 5.97 Å². The van der Waals surface area contributed by atoms with Crippen molar-refractivity contribution in [2.45, 2.75) is 44.6 Å². The van der Waals surface area contributed by atoms with Crippen LogP contribution in [0.25, 0.3) is 0 Å². The molecule has 0 atom stereocenters. The maximum atomic E-state index is 12.9. The number of ether oxygens (including phenoxy) is 2. The number of nitrogens with one attached hydrogen (secondary N) is 1. The van der Waals surface area contributed by atoms with Crippen molar-refractivity contribution in [3.8, 4) is 11.6 Å². The van der Waals surface area contributed by atoms with Gasteiger partial charge in [0.2, 0.25) is 0 Å². The lowest BCUT2D eigenvalue weighted by Gasteiger charge is -2.36. The highest BCUT2D eigenvalue weighted by Gasteiger charge is 2.42. The summed E-state index contributed by atoms with van der Waals surface area (Å²) in [6, 6.07) is 9.01. The van der Waals surface area contributed by atoms with Crippen LogP contribution in [-0.4, -0.2) is 41.2 Å². The summed E-state index contributed by atoms with van der Waals surface area (Å²) in [5.74, 6) is -0.480. The highest BCUT2D eigenvalue weighted by atomic mass is 35.5. The summed E-state index contributed by atoms with van der Waals surface area (Å²) in [6.07, 6.45) is 4.29. The number of nitrogens with zero attached hydrogens (tertiary/aromatic N) is 1. The van der Waals surface area contributed by atoms with Gasteiger partial charge < -0.3 is 19.9 Å². The molecule has 8 heteroatoms. The molecule has 2 aromatic rings. The molecule has 0 spiro atoms. The summed E-state index contributed by atoms with van der Waals surface area (Å²) in [6.45, 7) is 2.43. The Morgan fingerprint density at radius 1 is 1.29 bits per heavy atom. The smallest absolute Gasteiger partial charge is 0.329 e. The van der Waals surface area contributed by atoms with E-state index in [0.717, 1.165) is 18.4 Å². The number of benzene rings is 1. The van der Waals surface area contributed by atoms with Crippen molar-refractivity contribution in [3.05, 3.63) is 52.7 Å². The summed E-state index contributed by atoms with van der Waals surface area (Å²) < 4.78 is 11.1. The summed E-state index contributed by atoms with van der Waals surface area (Å²) >= 11 is 6.01. The Balaban J connectivity index is 1.71. The quantitative estimate of drug-likeness (QED) is 0.632. The van der Waals surface area contributed by atoms with E-state index >= 15 is 0 Å². The molecule has 1 aromatic carbocycles. The third-order valence-electron chi connectivity index (χ3n) is 5.70. The van der Waals surface area contributed by atoms with E-state index in [0.29, 0.717) is 42.6 Å². The molecule has 1 saturated carbocycles. The fourth-order valence-corrected chi connectivity index (χ4v) is 3.93. The summed E-state index contributed by atoms with van der Waals surface area (Å²) in [5, 5.41) is 13.2. The Morgan fingerprint density at radius 2 is 2.03 bits per heavy atom. The fourth-order valence-electron chi connectivity index (χ4n) is 3.72. The largest absolute Gasteiger partial charge is 0.488 e. The van der Waals surface area contributed by atoms with E-state index < -0.39 is 17.4 Å². The Hall–Kier alpha value is -2.80. The van der Waals surface area contributed by atoms with Gasteiger partial charge in [0.1, 0.15) is 5.54 Å². The van der Waals surface area contributed by atoms with E-state index in [2.05, 4.69) is 17.2 Å². The molecule has 1 aliphatic carbocycles. The van der Waals surface area contributed by atoms with Gasteiger partial charge in [0.25, 0.3) is 11.8 Å². The third kappa shape index (κ3) is 5.67. The van der Waals surface area contributed by atoms with Crippen molar-refractivity contribution in [1.82, 2.24) is 10.3 Å². The number of aliphatic carboxylic acids is 1. The zero-order chi connectivity index (χ0) is 22.4. The molecule has 3 rings (SSSR count). The first-order chi connectivity index (χ1) is 14.8. The van der Waals surface area contributed by atoms with Crippen LogP contribution in [-0.2, 0) is 11.2 Å². The molecule has 7 nitrogen and oxygen atoms in total. The Kier molecular flexibility index (Phi) is 7.38. The number of methoxy groups -OCH3 is 1. The van der Waals surface area contributed by atoms with E-state index in [9.17, 15) is 14.7 Å². The molecule has 31 heavy (non-hydrogen) atoms. The Bertz CT molecular complexity index is 941. The number of carbonyl (C=O) groups is 2. The second-order valence-corrected chi connectivity index (χ2v) is 8.42. The van der Waals surface area contributed by atoms with Crippen molar-refractivity contribution in [2.75, 3.05) is 13.7 Å². The SMILES string of the molecule is COc1ncc(C(=O)N[C@]2(C(=O)O)CC[C@H](C)CC2)cc1OCCc1cccc(Cl)c1. The van der Waals surface area contributed by atoms with Gasteiger partial charge in [-0.15, -0.1) is 0 Å². The molecule has 1 fully saturated rings. The zero-order valence-electron chi connectivity index (χ0n) is 17.7. The van der Waals surface area contributed by atoms with Crippen LogP contribution in [0.1, 0.15) is 48.5 Å². The first kappa shape index (κ1) is 22.9. The van der Waals surface area contributed by atoms with E-state index in [4.69, 9.17) is 21.1 Å². The van der Waals surface area contributed by atoms with Gasteiger partial charge in [-0.05, 0) is 49.3 Å². The van der Waals surface area contributed by atoms with E-state index in [1.165, 1.54) is 19.4 Å². The van der Waals surface area contributed by atoms with Crippen LogP contribution in [0.2, 0.25) is 5.02 Å². The van der Waals surface area contributed by atoms with Gasteiger partial charge in [-0.2, -0.15) is 0 Å². The minimum atomic E-state index is -1.25. The maximum absolute atomic E-state index is 12.9. The van der Waals surface area contributed by atoms with Gasteiger partial charge in [-0.3, -0.25) is 4.79 Å². The number of halogens is 1. The monoisotopic (exact) mass is 446 g/mol. The first-order valence-electron chi connectivity index (χ1n) is 10.3. The number of hydrogen-bond acceptors (Lipinski definition) is 5. The van der Waals surface area contributed by atoms with Gasteiger partial charge in [0.15, 0.2) is 5.75 Å². The number of pyridine rings is 1. The summed E-state index contributed by atoms with van der Waals surface area (Å²) in [5.41, 5.74) is -0.0158.